The third kappa shape index (κ3) is 6.71. The first kappa shape index (κ1) is 15.6. The molecule has 0 aliphatic heterocycles. The lowest BCUT2D eigenvalue weighted by atomic mass is 10.0. The number of esters is 1. The van der Waals surface area contributed by atoms with Crippen LogP contribution in [0.3, 0.4) is 0 Å². The summed E-state index contributed by atoms with van der Waals surface area (Å²) < 4.78 is 4.64. The number of benzene rings is 1. The highest BCUT2D eigenvalue weighted by Crippen LogP contribution is 2.05. The maximum Gasteiger partial charge on any atom is 0.307 e. The topological polar surface area (TPSA) is 64.3 Å². The van der Waals surface area contributed by atoms with E-state index in [-0.39, 0.29) is 12.0 Å². The highest BCUT2D eigenvalue weighted by atomic mass is 16.5. The fraction of sp³-hybridized carbons (Fsp3) is 0.462. The zero-order valence-electron chi connectivity index (χ0n) is 10.8. The van der Waals surface area contributed by atoms with Crippen LogP contribution in [0, 0.1) is 0 Å². The Hall–Kier alpha value is -1.39. The molecule has 0 fully saturated rings. The van der Waals surface area contributed by atoms with Crippen molar-refractivity contribution in [2.75, 3.05) is 21.2 Å². The molecule has 0 aromatic heterocycles. The summed E-state index contributed by atoms with van der Waals surface area (Å²) in [5.74, 6) is -0.176. The maximum absolute atomic E-state index is 11.1. The Kier molecular flexibility index (Phi) is 9.01. The van der Waals surface area contributed by atoms with Crippen LogP contribution in [0.4, 0.5) is 0 Å². The molecule has 0 aliphatic carbocycles. The fourth-order valence-electron chi connectivity index (χ4n) is 1.46. The first-order valence-electron chi connectivity index (χ1n) is 5.62. The lowest BCUT2D eigenvalue weighted by molar-refractivity contribution is -0.141. The lowest BCUT2D eigenvalue weighted by Crippen LogP contribution is -2.30. The molecule has 0 spiro atoms. The Morgan fingerprint density at radius 3 is 2.41 bits per heavy atom. The molecule has 1 atom stereocenters. The van der Waals surface area contributed by atoms with Crippen molar-refractivity contribution in [3.05, 3.63) is 35.9 Å². The fourth-order valence-corrected chi connectivity index (χ4v) is 1.46. The molecule has 1 aromatic rings. The molecule has 0 bridgehead atoms. The number of hydrogen-bond donors (Lipinski definition) is 2. The van der Waals surface area contributed by atoms with E-state index in [9.17, 15) is 4.79 Å². The second kappa shape index (κ2) is 9.81. The summed E-state index contributed by atoms with van der Waals surface area (Å²) in [4.78, 5) is 11.1. The van der Waals surface area contributed by atoms with Gasteiger partial charge in [0.1, 0.15) is 0 Å². The highest BCUT2D eigenvalue weighted by Gasteiger charge is 2.12. The summed E-state index contributed by atoms with van der Waals surface area (Å²) in [6.45, 7) is 0. The van der Waals surface area contributed by atoms with Crippen LogP contribution in [0.15, 0.2) is 30.3 Å². The standard InChI is InChI=1S/C12H17NO2.CH5N/c1-13-11(9-12(14)15-2)8-10-6-4-3-5-7-10;1-2/h3-7,11,13H,8-9H2,1-2H3;2H2,1H3. The van der Waals surface area contributed by atoms with E-state index >= 15 is 0 Å². The monoisotopic (exact) mass is 238 g/mol. The molecule has 0 aliphatic rings. The van der Waals surface area contributed by atoms with Crippen LogP contribution in [-0.2, 0) is 16.0 Å². The molecule has 0 saturated heterocycles. The average molecular weight is 238 g/mol. The van der Waals surface area contributed by atoms with Crippen molar-refractivity contribution in [1.82, 2.24) is 5.32 Å². The van der Waals surface area contributed by atoms with Crippen molar-refractivity contribution in [2.24, 2.45) is 5.73 Å². The zero-order valence-corrected chi connectivity index (χ0v) is 10.8. The molecular formula is C13H22N2O2. The lowest BCUT2D eigenvalue weighted by Gasteiger charge is -2.14. The van der Waals surface area contributed by atoms with Gasteiger partial charge < -0.3 is 15.8 Å². The molecule has 17 heavy (non-hydrogen) atoms. The average Bonchev–Trinajstić information content (AvgIpc) is 2.41. The van der Waals surface area contributed by atoms with Crippen LogP contribution in [0.1, 0.15) is 12.0 Å². The normalized spacial score (nSPS) is 11.1. The Morgan fingerprint density at radius 2 is 1.94 bits per heavy atom. The van der Waals surface area contributed by atoms with Gasteiger partial charge in [0.25, 0.3) is 0 Å². The summed E-state index contributed by atoms with van der Waals surface area (Å²) in [5, 5.41) is 3.11. The number of nitrogens with one attached hydrogen (secondary N) is 1. The molecule has 96 valence electrons. The second-order valence-electron chi connectivity index (χ2n) is 3.46. The molecular weight excluding hydrogens is 216 g/mol. The van der Waals surface area contributed by atoms with Gasteiger partial charge in [0.15, 0.2) is 0 Å². The molecule has 1 unspecified atom stereocenters. The van der Waals surface area contributed by atoms with Gasteiger partial charge >= 0.3 is 5.97 Å². The molecule has 0 heterocycles. The Labute approximate surface area is 103 Å². The van der Waals surface area contributed by atoms with E-state index in [1.807, 2.05) is 25.2 Å². The second-order valence-corrected chi connectivity index (χ2v) is 3.46. The minimum absolute atomic E-state index is 0.139. The van der Waals surface area contributed by atoms with Gasteiger partial charge in [0, 0.05) is 6.04 Å². The van der Waals surface area contributed by atoms with Gasteiger partial charge in [-0.1, -0.05) is 30.3 Å². The van der Waals surface area contributed by atoms with E-state index in [4.69, 9.17) is 0 Å². The maximum atomic E-state index is 11.1. The molecule has 0 saturated carbocycles. The van der Waals surface area contributed by atoms with Gasteiger partial charge in [-0.2, -0.15) is 0 Å². The molecule has 4 heteroatoms. The van der Waals surface area contributed by atoms with Crippen molar-refractivity contribution in [1.29, 1.82) is 0 Å². The summed E-state index contributed by atoms with van der Waals surface area (Å²) in [6.07, 6.45) is 1.24. The molecule has 4 nitrogen and oxygen atoms in total. The van der Waals surface area contributed by atoms with Crippen LogP contribution in [0.5, 0.6) is 0 Å². The third-order valence-electron chi connectivity index (χ3n) is 2.37. The summed E-state index contributed by atoms with van der Waals surface area (Å²) in [7, 11) is 4.77. The number of rotatable bonds is 5. The van der Waals surface area contributed by atoms with Gasteiger partial charge in [-0.05, 0) is 26.1 Å². The molecule has 1 rings (SSSR count). The van der Waals surface area contributed by atoms with Crippen LogP contribution in [-0.4, -0.2) is 33.2 Å². The van der Waals surface area contributed by atoms with Gasteiger partial charge in [-0.25, -0.2) is 0 Å². The predicted octanol–water partition coefficient (Wildman–Crippen LogP) is 0.955. The molecule has 1 aromatic carbocycles. The van der Waals surface area contributed by atoms with E-state index in [0.717, 1.165) is 6.42 Å². The number of hydrogen-bond acceptors (Lipinski definition) is 4. The Bertz CT molecular complexity index is 302. The van der Waals surface area contributed by atoms with Gasteiger partial charge in [-0.3, -0.25) is 4.79 Å². The van der Waals surface area contributed by atoms with Crippen LogP contribution < -0.4 is 11.1 Å². The quantitative estimate of drug-likeness (QED) is 0.750. The van der Waals surface area contributed by atoms with E-state index in [2.05, 4.69) is 27.9 Å². The number of ether oxygens (including phenoxy) is 1. The minimum atomic E-state index is -0.176. The first-order chi connectivity index (χ1) is 8.26. The number of methoxy groups -OCH3 is 1. The zero-order chi connectivity index (χ0) is 13.1. The van der Waals surface area contributed by atoms with Gasteiger partial charge in [-0.15, -0.1) is 0 Å². The van der Waals surface area contributed by atoms with Crippen molar-refractivity contribution in [2.45, 2.75) is 18.9 Å². The smallest absolute Gasteiger partial charge is 0.307 e. The predicted molar refractivity (Wildman–Crippen MR) is 69.7 cm³/mol. The van der Waals surface area contributed by atoms with Gasteiger partial charge in [0.05, 0.1) is 13.5 Å². The van der Waals surface area contributed by atoms with Crippen LogP contribution in [0.25, 0.3) is 0 Å². The van der Waals surface area contributed by atoms with E-state index in [0.29, 0.717) is 6.42 Å². The van der Waals surface area contributed by atoms with Crippen molar-refractivity contribution >= 4 is 5.97 Å². The summed E-state index contributed by atoms with van der Waals surface area (Å²) in [5.41, 5.74) is 5.72. The molecule has 0 radical (unpaired) electrons. The first-order valence-corrected chi connectivity index (χ1v) is 5.62. The van der Waals surface area contributed by atoms with Crippen LogP contribution in [0.2, 0.25) is 0 Å². The molecule has 0 amide bonds. The summed E-state index contributed by atoms with van der Waals surface area (Å²) >= 11 is 0. The van der Waals surface area contributed by atoms with Crippen molar-refractivity contribution < 1.29 is 9.53 Å². The van der Waals surface area contributed by atoms with Crippen LogP contribution >= 0.6 is 0 Å². The highest BCUT2D eigenvalue weighted by molar-refractivity contribution is 5.69. The Morgan fingerprint density at radius 1 is 1.35 bits per heavy atom. The van der Waals surface area contributed by atoms with E-state index in [1.54, 1.807) is 0 Å². The number of likely N-dealkylation sites (N-methyl/N-ethyl adjacent to an activating group) is 1. The van der Waals surface area contributed by atoms with E-state index in [1.165, 1.54) is 19.7 Å². The minimum Gasteiger partial charge on any atom is -0.469 e. The third-order valence-corrected chi connectivity index (χ3v) is 2.37. The molecule has 3 N–H and O–H groups in total. The number of carbonyl (C=O) groups is 1. The largest absolute Gasteiger partial charge is 0.469 e. The van der Waals surface area contributed by atoms with Gasteiger partial charge in [0.2, 0.25) is 0 Å². The van der Waals surface area contributed by atoms with Crippen molar-refractivity contribution in [3.63, 3.8) is 0 Å². The van der Waals surface area contributed by atoms with Crippen molar-refractivity contribution in [3.8, 4) is 0 Å². The number of carbonyl (C=O) groups excluding carboxylic acids is 1. The van der Waals surface area contributed by atoms with E-state index < -0.39 is 0 Å². The summed E-state index contributed by atoms with van der Waals surface area (Å²) in [6, 6.07) is 10.2. The Balaban J connectivity index is 0.00000121. The SMILES string of the molecule is CN.CNC(CC(=O)OC)Cc1ccccc1. The number of nitrogens with two attached hydrogens (primary N) is 1.